The molecule has 0 aliphatic carbocycles. The Morgan fingerprint density at radius 2 is 1.66 bits per heavy atom. The van der Waals surface area contributed by atoms with Crippen LogP contribution in [0, 0.1) is 0 Å². The van der Waals surface area contributed by atoms with Gasteiger partial charge in [-0.3, -0.25) is 14.9 Å². The van der Waals surface area contributed by atoms with Gasteiger partial charge in [0.15, 0.2) is 15.3 Å². The van der Waals surface area contributed by atoms with Crippen molar-refractivity contribution < 1.29 is 9.59 Å². The molecule has 5 rings (SSSR count). The number of anilines is 2. The molecule has 0 bridgehead atoms. The van der Waals surface area contributed by atoms with E-state index in [9.17, 15) is 9.59 Å². The summed E-state index contributed by atoms with van der Waals surface area (Å²) < 4.78 is 2.54. The van der Waals surface area contributed by atoms with Crippen LogP contribution in [0.25, 0.3) is 11.4 Å². The highest BCUT2D eigenvalue weighted by atomic mass is 35.5. The number of hydrogen-bond acceptors (Lipinski definition) is 9. The van der Waals surface area contributed by atoms with Crippen molar-refractivity contribution in [2.24, 2.45) is 7.05 Å². The van der Waals surface area contributed by atoms with Crippen LogP contribution in [0.4, 0.5) is 10.8 Å². The normalized spacial score (nSPS) is 10.9. The minimum atomic E-state index is -0.227. The van der Waals surface area contributed by atoms with Gasteiger partial charge in [0, 0.05) is 29.6 Å². The molecular weight excluding hydrogens is 621 g/mol. The Labute approximate surface area is 258 Å². The largest absolute Gasteiger partial charge is 0.322 e. The van der Waals surface area contributed by atoms with Crippen LogP contribution in [0.15, 0.2) is 82.3 Å². The van der Waals surface area contributed by atoms with Crippen LogP contribution < -0.4 is 10.6 Å². The van der Waals surface area contributed by atoms with Gasteiger partial charge in [-0.2, -0.15) is 0 Å². The van der Waals surface area contributed by atoms with Crippen LogP contribution in [0.5, 0.6) is 0 Å². The van der Waals surface area contributed by atoms with E-state index in [4.69, 9.17) is 23.2 Å². The third-order valence-corrected chi connectivity index (χ3v) is 9.41. The van der Waals surface area contributed by atoms with Crippen molar-refractivity contribution in [1.82, 2.24) is 25.0 Å². The average molecular weight is 643 g/mol. The molecule has 14 heteroatoms. The molecule has 0 saturated carbocycles. The minimum Gasteiger partial charge on any atom is -0.322 e. The average Bonchev–Trinajstić information content (AvgIpc) is 3.59. The molecule has 2 N–H and O–H groups in total. The number of aromatic nitrogens is 5. The molecule has 2 aromatic heterocycles. The monoisotopic (exact) mass is 641 g/mol. The second kappa shape index (κ2) is 13.5. The van der Waals surface area contributed by atoms with Crippen molar-refractivity contribution >= 4 is 80.7 Å². The number of thioether (sulfide) groups is 2. The fourth-order valence-corrected chi connectivity index (χ4v) is 6.31. The maximum absolute atomic E-state index is 12.5. The fraction of sp³-hybridized carbons (Fsp3) is 0.111. The summed E-state index contributed by atoms with van der Waals surface area (Å²) in [5.41, 5.74) is 3.09. The first-order valence-electron chi connectivity index (χ1n) is 12.0. The third-order valence-electron chi connectivity index (χ3n) is 5.60. The lowest BCUT2D eigenvalue weighted by Gasteiger charge is -2.07. The van der Waals surface area contributed by atoms with Crippen LogP contribution in [0.3, 0.4) is 0 Å². The fourth-order valence-electron chi connectivity index (χ4n) is 3.57. The van der Waals surface area contributed by atoms with E-state index in [1.165, 1.54) is 34.9 Å². The van der Waals surface area contributed by atoms with Crippen molar-refractivity contribution in [3.63, 3.8) is 0 Å². The lowest BCUT2D eigenvalue weighted by atomic mass is 10.1. The number of carbonyl (C=O) groups excluding carboxylic acids is 2. The Bertz CT molecular complexity index is 1680. The zero-order valence-electron chi connectivity index (χ0n) is 21.4. The molecule has 0 aliphatic heterocycles. The molecular formula is C27H21Cl2N7O2S3. The number of hydrogen-bond donors (Lipinski definition) is 2. The van der Waals surface area contributed by atoms with E-state index in [1.54, 1.807) is 18.2 Å². The van der Waals surface area contributed by atoms with E-state index in [0.29, 0.717) is 43.2 Å². The Morgan fingerprint density at radius 3 is 2.41 bits per heavy atom. The molecule has 0 aliphatic rings. The Morgan fingerprint density at radius 1 is 0.878 bits per heavy atom. The molecule has 0 spiro atoms. The highest BCUT2D eigenvalue weighted by molar-refractivity contribution is 8.00. The van der Waals surface area contributed by atoms with Gasteiger partial charge in [-0.1, -0.05) is 82.3 Å². The Kier molecular flexibility index (Phi) is 9.57. The summed E-state index contributed by atoms with van der Waals surface area (Å²) in [4.78, 5) is 24.9. The van der Waals surface area contributed by atoms with Crippen molar-refractivity contribution in [1.29, 1.82) is 0 Å². The maximum atomic E-state index is 12.5. The van der Waals surface area contributed by atoms with Crippen molar-refractivity contribution in [2.45, 2.75) is 15.2 Å². The number of rotatable bonds is 10. The second-order valence-electron chi connectivity index (χ2n) is 8.51. The van der Waals surface area contributed by atoms with Gasteiger partial charge in [-0.25, -0.2) is 0 Å². The first kappa shape index (κ1) is 29.1. The van der Waals surface area contributed by atoms with Crippen LogP contribution >= 0.6 is 58.1 Å². The van der Waals surface area contributed by atoms with Gasteiger partial charge in [-0.05, 0) is 54.1 Å². The number of amides is 2. The molecule has 2 amide bonds. The minimum absolute atomic E-state index is 0.127. The molecule has 0 saturated heterocycles. The highest BCUT2D eigenvalue weighted by Crippen LogP contribution is 2.31. The lowest BCUT2D eigenvalue weighted by molar-refractivity contribution is -0.113. The van der Waals surface area contributed by atoms with Crippen LogP contribution in [-0.4, -0.2) is 42.5 Å². The van der Waals surface area contributed by atoms with Crippen LogP contribution in [0.2, 0.25) is 10.0 Å². The summed E-state index contributed by atoms with van der Waals surface area (Å²) >= 11 is 16.1. The summed E-state index contributed by atoms with van der Waals surface area (Å²) in [5.74, 6) is 1.01. The lowest BCUT2D eigenvalue weighted by Crippen LogP contribution is -2.14. The van der Waals surface area contributed by atoms with E-state index in [1.807, 2.05) is 66.2 Å². The zero-order valence-corrected chi connectivity index (χ0v) is 25.3. The summed E-state index contributed by atoms with van der Waals surface area (Å²) in [6.07, 6.45) is 0. The predicted octanol–water partition coefficient (Wildman–Crippen LogP) is 6.92. The predicted molar refractivity (Wildman–Crippen MR) is 166 cm³/mol. The number of benzene rings is 3. The number of nitrogens with one attached hydrogen (secondary N) is 2. The molecule has 41 heavy (non-hydrogen) atoms. The first-order chi connectivity index (χ1) is 19.9. The molecule has 3 aromatic carbocycles. The third kappa shape index (κ3) is 7.66. The topological polar surface area (TPSA) is 115 Å². The zero-order chi connectivity index (χ0) is 28.8. The highest BCUT2D eigenvalue weighted by Gasteiger charge is 2.15. The van der Waals surface area contributed by atoms with Gasteiger partial charge in [-0.15, -0.1) is 20.4 Å². The van der Waals surface area contributed by atoms with Crippen LogP contribution in [0.1, 0.15) is 15.9 Å². The van der Waals surface area contributed by atoms with Crippen molar-refractivity contribution in [3.8, 4) is 11.4 Å². The van der Waals surface area contributed by atoms with Crippen molar-refractivity contribution in [2.75, 3.05) is 16.4 Å². The van der Waals surface area contributed by atoms with E-state index in [0.717, 1.165) is 15.5 Å². The van der Waals surface area contributed by atoms with Gasteiger partial charge in [0.1, 0.15) is 0 Å². The number of halogens is 2. The standard InChI is InChI=1S/C27H21Cl2N7O2S3/c1-36-23(17-8-10-19(11-9-17)30-24(38)18-5-3-2-4-6-18)32-34-26(36)39-15-22(37)31-25-33-35-27(41-25)40-14-16-7-12-20(28)21(29)13-16/h2-13H,14-15H2,1H3,(H,30,38)(H,31,33,37). The smallest absolute Gasteiger partial charge is 0.255 e. The summed E-state index contributed by atoms with van der Waals surface area (Å²) in [6, 6.07) is 21.8. The summed E-state index contributed by atoms with van der Waals surface area (Å²) in [5, 5.41) is 24.4. The molecule has 208 valence electrons. The van der Waals surface area contributed by atoms with E-state index in [2.05, 4.69) is 31.0 Å². The van der Waals surface area contributed by atoms with Gasteiger partial charge in [0.25, 0.3) is 5.91 Å². The SMILES string of the molecule is Cn1c(SCC(=O)Nc2nnc(SCc3ccc(Cl)c(Cl)c3)s2)nnc1-c1ccc(NC(=O)c2ccccc2)cc1. The Hall–Kier alpha value is -3.42. The first-order valence-corrected chi connectivity index (χ1v) is 15.6. The molecule has 0 radical (unpaired) electrons. The van der Waals surface area contributed by atoms with Gasteiger partial charge in [0.2, 0.25) is 11.0 Å². The summed E-state index contributed by atoms with van der Waals surface area (Å²) in [6.45, 7) is 0. The molecule has 5 aromatic rings. The molecule has 2 heterocycles. The van der Waals surface area contributed by atoms with Gasteiger partial charge in [0.05, 0.1) is 15.8 Å². The molecule has 9 nitrogen and oxygen atoms in total. The van der Waals surface area contributed by atoms with E-state index < -0.39 is 0 Å². The van der Waals surface area contributed by atoms with E-state index >= 15 is 0 Å². The second-order valence-corrected chi connectivity index (χ2v) is 12.5. The molecule has 0 atom stereocenters. The Balaban J connectivity index is 1.11. The summed E-state index contributed by atoms with van der Waals surface area (Å²) in [7, 11) is 1.84. The molecule has 0 unspecified atom stereocenters. The maximum Gasteiger partial charge on any atom is 0.255 e. The number of carbonyl (C=O) groups is 2. The number of nitrogens with zero attached hydrogens (tertiary/aromatic N) is 5. The quantitative estimate of drug-likeness (QED) is 0.125. The van der Waals surface area contributed by atoms with Crippen LogP contribution in [-0.2, 0) is 17.6 Å². The van der Waals surface area contributed by atoms with E-state index in [-0.39, 0.29) is 17.6 Å². The van der Waals surface area contributed by atoms with Gasteiger partial charge < -0.3 is 9.88 Å². The molecule has 0 fully saturated rings. The van der Waals surface area contributed by atoms with Crippen molar-refractivity contribution in [3.05, 3.63) is 94.0 Å². The van der Waals surface area contributed by atoms with Gasteiger partial charge >= 0.3 is 0 Å².